The van der Waals surface area contributed by atoms with E-state index in [9.17, 15) is 4.79 Å². The number of benzene rings is 2. The van der Waals surface area contributed by atoms with Gasteiger partial charge in [-0.2, -0.15) is 5.10 Å². The van der Waals surface area contributed by atoms with Gasteiger partial charge in [0.2, 0.25) is 0 Å². The second kappa shape index (κ2) is 11.3. The number of ether oxygens (including phenoxy) is 2. The maximum atomic E-state index is 12.4. The van der Waals surface area contributed by atoms with Crippen LogP contribution in [0, 0.1) is 0 Å². The van der Waals surface area contributed by atoms with Gasteiger partial charge in [-0.1, -0.05) is 30.0 Å². The van der Waals surface area contributed by atoms with Crippen LogP contribution in [0.2, 0.25) is 0 Å². The first-order chi connectivity index (χ1) is 16.6. The van der Waals surface area contributed by atoms with Gasteiger partial charge < -0.3 is 9.47 Å². The molecule has 2 aromatic carbocycles. The maximum Gasteiger partial charge on any atom is 0.250 e. The Balaban J connectivity index is 1.55. The van der Waals surface area contributed by atoms with E-state index >= 15 is 0 Å². The Kier molecular flexibility index (Phi) is 7.99. The highest BCUT2D eigenvalue weighted by atomic mass is 79.9. The lowest BCUT2D eigenvalue weighted by Gasteiger charge is -2.12. The topological polar surface area (TPSA) is 90.6 Å². The molecule has 1 amide bonds. The third-order valence-corrected chi connectivity index (χ3v) is 7.08. The van der Waals surface area contributed by atoms with E-state index in [0.29, 0.717) is 22.5 Å². The molecule has 0 aliphatic carbocycles. The number of carbonyl (C=O) groups excluding carboxylic acids is 1. The lowest BCUT2D eigenvalue weighted by Crippen LogP contribution is -2.19. The molecule has 0 saturated heterocycles. The van der Waals surface area contributed by atoms with E-state index in [0.717, 1.165) is 19.9 Å². The summed E-state index contributed by atoms with van der Waals surface area (Å²) < 4.78 is 13.7. The average Bonchev–Trinajstić information content (AvgIpc) is 3.48. The number of halogens is 1. The van der Waals surface area contributed by atoms with Gasteiger partial charge >= 0.3 is 0 Å². The van der Waals surface area contributed by atoms with Crippen LogP contribution in [0.5, 0.6) is 11.5 Å². The molecule has 0 fully saturated rings. The monoisotopic (exact) mass is 557 g/mol. The number of nitrogens with zero attached hydrogens (tertiary/aromatic N) is 4. The first kappa shape index (κ1) is 24.0. The van der Waals surface area contributed by atoms with Gasteiger partial charge in [0, 0.05) is 16.1 Å². The number of hydrogen-bond acceptors (Lipinski definition) is 8. The van der Waals surface area contributed by atoms with E-state index in [-0.39, 0.29) is 11.7 Å². The van der Waals surface area contributed by atoms with Crippen LogP contribution in [0.4, 0.5) is 0 Å². The van der Waals surface area contributed by atoms with Crippen molar-refractivity contribution < 1.29 is 14.3 Å². The molecule has 0 spiro atoms. The minimum atomic E-state index is -0.243. The number of para-hydroxylation sites is 1. The van der Waals surface area contributed by atoms with Crippen molar-refractivity contribution in [1.29, 1.82) is 0 Å². The van der Waals surface area contributed by atoms with Crippen molar-refractivity contribution in [3.63, 3.8) is 0 Å². The molecule has 8 nitrogen and oxygen atoms in total. The Morgan fingerprint density at radius 3 is 2.62 bits per heavy atom. The third-order valence-electron chi connectivity index (χ3n) is 4.60. The van der Waals surface area contributed by atoms with Crippen molar-refractivity contribution in [3.05, 3.63) is 69.3 Å². The van der Waals surface area contributed by atoms with Crippen LogP contribution in [0.15, 0.2) is 74.7 Å². The zero-order chi connectivity index (χ0) is 23.9. The van der Waals surface area contributed by atoms with Crippen molar-refractivity contribution in [2.24, 2.45) is 5.10 Å². The Morgan fingerprint density at radius 1 is 1.12 bits per heavy atom. The Bertz CT molecular complexity index is 1310. The minimum absolute atomic E-state index is 0.127. The predicted octanol–water partition coefficient (Wildman–Crippen LogP) is 5.02. The fourth-order valence-corrected chi connectivity index (χ4v) is 5.10. The first-order valence-corrected chi connectivity index (χ1v) is 12.6. The summed E-state index contributed by atoms with van der Waals surface area (Å²) in [5.41, 5.74) is 4.23. The van der Waals surface area contributed by atoms with Crippen molar-refractivity contribution in [1.82, 2.24) is 20.2 Å². The summed E-state index contributed by atoms with van der Waals surface area (Å²) in [6, 6.07) is 19.1. The van der Waals surface area contributed by atoms with E-state index in [1.54, 1.807) is 20.4 Å². The second-order valence-electron chi connectivity index (χ2n) is 6.77. The quantitative estimate of drug-likeness (QED) is 0.176. The molecule has 2 heterocycles. The number of carbonyl (C=O) groups is 1. The van der Waals surface area contributed by atoms with Gasteiger partial charge in [0.15, 0.2) is 22.5 Å². The Labute approximate surface area is 213 Å². The normalized spacial score (nSPS) is 11.0. The van der Waals surface area contributed by atoms with Crippen LogP contribution < -0.4 is 14.9 Å². The molecule has 4 rings (SSSR count). The largest absolute Gasteiger partial charge is 0.493 e. The second-order valence-corrected chi connectivity index (χ2v) is 10.2. The number of hydrogen-bond donors (Lipinski definition) is 1. The summed E-state index contributed by atoms with van der Waals surface area (Å²) in [5, 5.41) is 13.4. The molecule has 0 unspecified atom stereocenters. The van der Waals surface area contributed by atoms with E-state index in [1.807, 2.05) is 65.2 Å². The summed E-state index contributed by atoms with van der Waals surface area (Å²) in [5.74, 6) is 1.72. The molecule has 34 heavy (non-hydrogen) atoms. The van der Waals surface area contributed by atoms with Crippen LogP contribution >= 0.6 is 39.0 Å². The number of methoxy groups -OCH3 is 2. The van der Waals surface area contributed by atoms with Crippen molar-refractivity contribution in [2.45, 2.75) is 5.16 Å². The molecule has 0 bridgehead atoms. The number of thiophene rings is 1. The molecule has 0 atom stereocenters. The highest BCUT2D eigenvalue weighted by Crippen LogP contribution is 2.34. The summed E-state index contributed by atoms with van der Waals surface area (Å²) in [6.07, 6.45) is 1.61. The molecule has 1 N–H and O–H groups in total. The molecule has 4 aromatic rings. The highest BCUT2D eigenvalue weighted by Gasteiger charge is 2.18. The van der Waals surface area contributed by atoms with Gasteiger partial charge in [-0.25, -0.2) is 5.43 Å². The Hall–Kier alpha value is -3.15. The smallest absolute Gasteiger partial charge is 0.250 e. The molecular formula is C23H20BrN5O3S2. The third kappa shape index (κ3) is 5.66. The number of aromatic nitrogens is 3. The lowest BCUT2D eigenvalue weighted by atomic mass is 10.2. The predicted molar refractivity (Wildman–Crippen MR) is 138 cm³/mol. The van der Waals surface area contributed by atoms with E-state index in [1.165, 1.54) is 23.1 Å². The minimum Gasteiger partial charge on any atom is -0.493 e. The van der Waals surface area contributed by atoms with Gasteiger partial charge in [-0.15, -0.1) is 21.5 Å². The Morgan fingerprint density at radius 2 is 1.91 bits per heavy atom. The zero-order valence-corrected chi connectivity index (χ0v) is 21.5. The maximum absolute atomic E-state index is 12.4. The molecule has 0 radical (unpaired) electrons. The summed E-state index contributed by atoms with van der Waals surface area (Å²) in [4.78, 5) is 13.3. The van der Waals surface area contributed by atoms with Gasteiger partial charge in [-0.05, 0) is 58.4 Å². The number of amides is 1. The van der Waals surface area contributed by atoms with Crippen LogP contribution in [-0.2, 0) is 4.79 Å². The SMILES string of the molecule is COc1ccc(-c2nnc(SCC(=O)N/N=C\c3ccc(Br)s3)n2-c2ccccc2)cc1OC. The lowest BCUT2D eigenvalue weighted by molar-refractivity contribution is -0.118. The van der Waals surface area contributed by atoms with Crippen LogP contribution in [0.3, 0.4) is 0 Å². The summed E-state index contributed by atoms with van der Waals surface area (Å²) >= 11 is 6.20. The van der Waals surface area contributed by atoms with Crippen molar-refractivity contribution in [2.75, 3.05) is 20.0 Å². The average molecular weight is 558 g/mol. The van der Waals surface area contributed by atoms with Gasteiger partial charge in [0.25, 0.3) is 5.91 Å². The molecular weight excluding hydrogens is 538 g/mol. The fourth-order valence-electron chi connectivity index (χ4n) is 3.06. The van der Waals surface area contributed by atoms with Crippen molar-refractivity contribution >= 4 is 51.2 Å². The number of rotatable bonds is 9. The standard InChI is InChI=1S/C23H20BrN5O3S2/c1-31-18-10-8-15(12-19(18)32-2)22-27-28-23(29(22)16-6-4-3-5-7-16)33-14-21(30)26-25-13-17-9-11-20(24)34-17/h3-13H,14H2,1-2H3,(H,26,30)/b25-13-. The highest BCUT2D eigenvalue weighted by molar-refractivity contribution is 9.11. The molecule has 0 aliphatic heterocycles. The van der Waals surface area contributed by atoms with Crippen LogP contribution in [-0.4, -0.2) is 46.9 Å². The van der Waals surface area contributed by atoms with Crippen LogP contribution in [0.1, 0.15) is 4.88 Å². The molecule has 174 valence electrons. The van der Waals surface area contributed by atoms with Gasteiger partial charge in [0.05, 0.1) is 30.0 Å². The first-order valence-electron chi connectivity index (χ1n) is 10.0. The molecule has 0 aliphatic rings. The number of thioether (sulfide) groups is 1. The molecule has 2 aromatic heterocycles. The number of hydrazone groups is 1. The van der Waals surface area contributed by atoms with Crippen molar-refractivity contribution in [3.8, 4) is 28.6 Å². The summed E-state index contributed by atoms with van der Waals surface area (Å²) in [6.45, 7) is 0. The van der Waals surface area contributed by atoms with Gasteiger partial charge in [0.1, 0.15) is 0 Å². The zero-order valence-electron chi connectivity index (χ0n) is 18.3. The van der Waals surface area contributed by atoms with Crippen LogP contribution in [0.25, 0.3) is 17.1 Å². The summed E-state index contributed by atoms with van der Waals surface area (Å²) in [7, 11) is 3.18. The fraction of sp³-hybridized carbons (Fsp3) is 0.130. The molecule has 11 heteroatoms. The van der Waals surface area contributed by atoms with E-state index < -0.39 is 0 Å². The number of nitrogens with one attached hydrogen (secondary N) is 1. The van der Waals surface area contributed by atoms with Gasteiger partial charge in [-0.3, -0.25) is 9.36 Å². The van der Waals surface area contributed by atoms with E-state index in [4.69, 9.17) is 9.47 Å². The molecule has 0 saturated carbocycles. The van der Waals surface area contributed by atoms with E-state index in [2.05, 4.69) is 36.7 Å².